The van der Waals surface area contributed by atoms with Crippen LogP contribution in [0.3, 0.4) is 0 Å². The summed E-state index contributed by atoms with van der Waals surface area (Å²) in [4.78, 5) is 12.5. The molecule has 1 aromatic rings. The van der Waals surface area contributed by atoms with Gasteiger partial charge >= 0.3 is 0 Å². The Balaban J connectivity index is 2.41. The standard InChI is InChI=1S/C13H18N4O4/c1-13(18)5-2-6-16(8-13)10-4-3-9(12(14)15-19)7-11(10)17(20)21/h3-4,7,18-19H,2,5-6,8H2,1H3,(H2,14,15). The number of anilines is 1. The summed E-state index contributed by atoms with van der Waals surface area (Å²) < 4.78 is 0. The Morgan fingerprint density at radius 3 is 2.86 bits per heavy atom. The van der Waals surface area contributed by atoms with Crippen molar-refractivity contribution in [3.05, 3.63) is 33.9 Å². The molecule has 114 valence electrons. The lowest BCUT2D eigenvalue weighted by Crippen LogP contribution is -2.46. The maximum Gasteiger partial charge on any atom is 0.293 e. The number of nitrogens with zero attached hydrogens (tertiary/aromatic N) is 3. The first-order valence-corrected chi connectivity index (χ1v) is 6.58. The second-order valence-corrected chi connectivity index (χ2v) is 5.47. The highest BCUT2D eigenvalue weighted by Gasteiger charge is 2.31. The van der Waals surface area contributed by atoms with E-state index in [0.717, 1.165) is 6.42 Å². The molecule has 21 heavy (non-hydrogen) atoms. The van der Waals surface area contributed by atoms with E-state index in [-0.39, 0.29) is 17.1 Å². The summed E-state index contributed by atoms with van der Waals surface area (Å²) in [6, 6.07) is 4.39. The van der Waals surface area contributed by atoms with Crippen LogP contribution in [-0.4, -0.2) is 39.8 Å². The minimum Gasteiger partial charge on any atom is -0.409 e. The number of β-amino-alcohol motifs (C(OH)–C–C–N with tert-alkyl or cyclic N) is 1. The molecule has 1 aliphatic rings. The van der Waals surface area contributed by atoms with Crippen LogP contribution in [0.4, 0.5) is 11.4 Å². The van der Waals surface area contributed by atoms with E-state index in [2.05, 4.69) is 5.16 Å². The molecule has 0 saturated carbocycles. The lowest BCUT2D eigenvalue weighted by molar-refractivity contribution is -0.384. The van der Waals surface area contributed by atoms with E-state index in [9.17, 15) is 15.2 Å². The molecule has 1 unspecified atom stereocenters. The minimum absolute atomic E-state index is 0.128. The fourth-order valence-electron chi connectivity index (χ4n) is 2.58. The molecule has 1 fully saturated rings. The Labute approximate surface area is 121 Å². The van der Waals surface area contributed by atoms with E-state index in [1.165, 1.54) is 6.07 Å². The monoisotopic (exact) mass is 294 g/mol. The number of hydrogen-bond acceptors (Lipinski definition) is 6. The van der Waals surface area contributed by atoms with Gasteiger partial charge in [0, 0.05) is 24.7 Å². The Morgan fingerprint density at radius 1 is 1.57 bits per heavy atom. The van der Waals surface area contributed by atoms with Crippen molar-refractivity contribution >= 4 is 17.2 Å². The molecule has 1 aliphatic heterocycles. The van der Waals surface area contributed by atoms with Gasteiger partial charge in [0.05, 0.1) is 10.5 Å². The molecule has 0 radical (unpaired) electrons. The zero-order chi connectivity index (χ0) is 15.6. The van der Waals surface area contributed by atoms with Gasteiger partial charge in [-0.05, 0) is 31.9 Å². The molecule has 2 rings (SSSR count). The van der Waals surface area contributed by atoms with Crippen LogP contribution in [0.25, 0.3) is 0 Å². The predicted molar refractivity (Wildman–Crippen MR) is 77.7 cm³/mol. The Bertz CT molecular complexity index is 586. The first-order chi connectivity index (χ1) is 9.84. The van der Waals surface area contributed by atoms with Crippen molar-refractivity contribution in [1.29, 1.82) is 0 Å². The van der Waals surface area contributed by atoms with Crippen molar-refractivity contribution in [3.8, 4) is 0 Å². The SMILES string of the molecule is CC1(O)CCCN(c2ccc(/C(N)=N/O)cc2[N+](=O)[O-])C1. The third-order valence-electron chi connectivity index (χ3n) is 3.59. The topological polar surface area (TPSA) is 125 Å². The molecule has 0 aromatic heterocycles. The quantitative estimate of drug-likeness (QED) is 0.251. The van der Waals surface area contributed by atoms with Crippen LogP contribution < -0.4 is 10.6 Å². The number of piperidine rings is 1. The van der Waals surface area contributed by atoms with Crippen molar-refractivity contribution in [2.24, 2.45) is 10.9 Å². The zero-order valence-corrected chi connectivity index (χ0v) is 11.7. The number of aliphatic hydroxyl groups is 1. The molecule has 4 N–H and O–H groups in total. The van der Waals surface area contributed by atoms with Crippen LogP contribution >= 0.6 is 0 Å². The summed E-state index contributed by atoms with van der Waals surface area (Å²) >= 11 is 0. The molecule has 8 heteroatoms. The highest BCUT2D eigenvalue weighted by Crippen LogP contribution is 2.33. The van der Waals surface area contributed by atoms with Crippen molar-refractivity contribution < 1.29 is 15.2 Å². The van der Waals surface area contributed by atoms with Crippen LogP contribution in [0, 0.1) is 10.1 Å². The highest BCUT2D eigenvalue weighted by atomic mass is 16.6. The van der Waals surface area contributed by atoms with E-state index in [0.29, 0.717) is 25.2 Å². The van der Waals surface area contributed by atoms with E-state index >= 15 is 0 Å². The maximum atomic E-state index is 11.3. The third kappa shape index (κ3) is 3.22. The van der Waals surface area contributed by atoms with Crippen LogP contribution in [0.15, 0.2) is 23.4 Å². The summed E-state index contributed by atoms with van der Waals surface area (Å²) in [6.45, 7) is 2.69. The molecular weight excluding hydrogens is 276 g/mol. The van der Waals surface area contributed by atoms with Crippen LogP contribution in [0.5, 0.6) is 0 Å². The van der Waals surface area contributed by atoms with Gasteiger partial charge in [-0.3, -0.25) is 10.1 Å². The fourth-order valence-corrected chi connectivity index (χ4v) is 2.58. The predicted octanol–water partition coefficient (Wildman–Crippen LogP) is 1.04. The zero-order valence-electron chi connectivity index (χ0n) is 11.7. The molecule has 1 aromatic carbocycles. The average molecular weight is 294 g/mol. The van der Waals surface area contributed by atoms with Gasteiger partial charge in [0.1, 0.15) is 5.69 Å². The fraction of sp³-hybridized carbons (Fsp3) is 0.462. The molecule has 0 spiro atoms. The number of benzene rings is 1. The molecule has 0 aliphatic carbocycles. The van der Waals surface area contributed by atoms with Crippen molar-refractivity contribution in [2.45, 2.75) is 25.4 Å². The number of hydrogen-bond donors (Lipinski definition) is 3. The summed E-state index contributed by atoms with van der Waals surface area (Å²) in [5.41, 5.74) is 5.17. The summed E-state index contributed by atoms with van der Waals surface area (Å²) in [7, 11) is 0. The molecule has 1 atom stereocenters. The van der Waals surface area contributed by atoms with Crippen LogP contribution in [0.2, 0.25) is 0 Å². The third-order valence-corrected chi connectivity index (χ3v) is 3.59. The number of nitro groups is 1. The van der Waals surface area contributed by atoms with Crippen molar-refractivity contribution in [2.75, 3.05) is 18.0 Å². The van der Waals surface area contributed by atoms with Gasteiger partial charge in [-0.1, -0.05) is 5.16 Å². The number of nitro benzene ring substituents is 1. The van der Waals surface area contributed by atoms with Crippen molar-refractivity contribution in [3.63, 3.8) is 0 Å². The van der Waals surface area contributed by atoms with Gasteiger partial charge in [-0.2, -0.15) is 0 Å². The number of nitrogens with two attached hydrogens (primary N) is 1. The largest absolute Gasteiger partial charge is 0.409 e. The van der Waals surface area contributed by atoms with Crippen LogP contribution in [-0.2, 0) is 0 Å². The maximum absolute atomic E-state index is 11.3. The Morgan fingerprint density at radius 2 is 2.29 bits per heavy atom. The smallest absolute Gasteiger partial charge is 0.293 e. The van der Waals surface area contributed by atoms with Gasteiger partial charge in [-0.25, -0.2) is 0 Å². The second-order valence-electron chi connectivity index (χ2n) is 5.47. The second kappa shape index (κ2) is 5.57. The van der Waals surface area contributed by atoms with E-state index < -0.39 is 10.5 Å². The van der Waals surface area contributed by atoms with E-state index in [1.54, 1.807) is 24.0 Å². The molecule has 1 saturated heterocycles. The Kier molecular flexibility index (Phi) is 3.99. The molecule has 1 heterocycles. The minimum atomic E-state index is -0.865. The molecule has 8 nitrogen and oxygen atoms in total. The van der Waals surface area contributed by atoms with E-state index in [1.807, 2.05) is 0 Å². The lowest BCUT2D eigenvalue weighted by Gasteiger charge is -2.37. The average Bonchev–Trinajstić information content (AvgIpc) is 2.44. The van der Waals surface area contributed by atoms with Crippen molar-refractivity contribution in [1.82, 2.24) is 0 Å². The van der Waals surface area contributed by atoms with Gasteiger partial charge in [0.15, 0.2) is 5.84 Å². The summed E-state index contributed by atoms with van der Waals surface area (Å²) in [5.74, 6) is -0.185. The molecular formula is C13H18N4O4. The Hall–Kier alpha value is -2.35. The number of rotatable bonds is 3. The van der Waals surface area contributed by atoms with Gasteiger partial charge in [0.25, 0.3) is 5.69 Å². The van der Waals surface area contributed by atoms with Gasteiger partial charge < -0.3 is 20.9 Å². The molecule has 0 amide bonds. The first kappa shape index (κ1) is 15.0. The first-order valence-electron chi connectivity index (χ1n) is 6.58. The normalized spacial score (nSPS) is 23.1. The van der Waals surface area contributed by atoms with Gasteiger partial charge in [0.2, 0.25) is 0 Å². The van der Waals surface area contributed by atoms with Gasteiger partial charge in [-0.15, -0.1) is 0 Å². The van der Waals surface area contributed by atoms with E-state index in [4.69, 9.17) is 10.9 Å². The number of oxime groups is 1. The number of amidine groups is 1. The summed E-state index contributed by atoms with van der Waals surface area (Å²) in [6.07, 6.45) is 1.42. The highest BCUT2D eigenvalue weighted by molar-refractivity contribution is 5.98. The molecule has 0 bridgehead atoms. The van der Waals surface area contributed by atoms with Crippen LogP contribution in [0.1, 0.15) is 25.3 Å². The lowest BCUT2D eigenvalue weighted by atomic mass is 9.94. The summed E-state index contributed by atoms with van der Waals surface area (Å²) in [5, 5.41) is 32.9.